The van der Waals surface area contributed by atoms with Crippen LogP contribution in [0.25, 0.3) is 21.6 Å². The minimum atomic E-state index is -0.260. The van der Waals surface area contributed by atoms with Gasteiger partial charge in [0.15, 0.2) is 0 Å². The van der Waals surface area contributed by atoms with Crippen molar-refractivity contribution < 1.29 is 4.79 Å². The van der Waals surface area contributed by atoms with Gasteiger partial charge in [-0.25, -0.2) is 9.97 Å². The Kier molecular flexibility index (Phi) is 5.82. The van der Waals surface area contributed by atoms with E-state index in [-0.39, 0.29) is 18.5 Å². The number of fused-ring (bicyclic) bond motifs is 1. The Balaban J connectivity index is 1.50. The molecule has 4 aromatic rings. The average molecular weight is 446 g/mol. The molecule has 1 atom stereocenters. The summed E-state index contributed by atoms with van der Waals surface area (Å²) in [6.07, 6.45) is 5.64. The fourth-order valence-electron chi connectivity index (χ4n) is 3.05. The normalized spacial score (nSPS) is 12.2. The predicted molar refractivity (Wildman–Crippen MR) is 118 cm³/mol. The van der Waals surface area contributed by atoms with Gasteiger partial charge in [0.2, 0.25) is 0 Å². The zero-order chi connectivity index (χ0) is 20.4. The summed E-state index contributed by atoms with van der Waals surface area (Å²) in [5.41, 5.74) is 8.46. The molecule has 3 heterocycles. The number of aromatic amines is 1. The van der Waals surface area contributed by atoms with Crippen molar-refractivity contribution in [2.24, 2.45) is 5.73 Å². The molecule has 0 radical (unpaired) electrons. The van der Waals surface area contributed by atoms with E-state index in [1.807, 2.05) is 24.4 Å². The largest absolute Gasteiger partial charge is 0.347 e. The average Bonchev–Trinajstić information content (AvgIpc) is 3.38. The van der Waals surface area contributed by atoms with Gasteiger partial charge in [-0.3, -0.25) is 4.79 Å². The fourth-order valence-corrected chi connectivity index (χ4v) is 4.40. The molecule has 1 aromatic carbocycles. The van der Waals surface area contributed by atoms with Gasteiger partial charge in [-0.05, 0) is 36.2 Å². The summed E-state index contributed by atoms with van der Waals surface area (Å²) in [5.74, 6) is -0.214. The number of aromatic nitrogens is 3. The van der Waals surface area contributed by atoms with Gasteiger partial charge in [-0.1, -0.05) is 29.3 Å². The second-order valence-electron chi connectivity index (χ2n) is 6.47. The number of halogens is 2. The van der Waals surface area contributed by atoms with Crippen molar-refractivity contribution in [1.29, 1.82) is 0 Å². The number of nitrogens with two attached hydrogens (primary N) is 1. The van der Waals surface area contributed by atoms with E-state index in [9.17, 15) is 4.79 Å². The lowest BCUT2D eigenvalue weighted by Gasteiger charge is -2.17. The number of nitrogens with one attached hydrogen (secondary N) is 2. The number of benzene rings is 1. The van der Waals surface area contributed by atoms with Crippen LogP contribution in [0.4, 0.5) is 0 Å². The molecule has 1 unspecified atom stereocenters. The van der Waals surface area contributed by atoms with Crippen LogP contribution in [0.5, 0.6) is 0 Å². The first-order valence-electron chi connectivity index (χ1n) is 8.88. The zero-order valence-corrected chi connectivity index (χ0v) is 17.5. The Morgan fingerprint density at radius 2 is 2.10 bits per heavy atom. The second-order valence-corrected chi connectivity index (χ2v) is 8.35. The summed E-state index contributed by atoms with van der Waals surface area (Å²) in [7, 11) is 0. The molecule has 3 aromatic heterocycles. The number of hydrogen-bond acceptors (Lipinski definition) is 5. The Hall–Kier alpha value is -2.45. The minimum Gasteiger partial charge on any atom is -0.347 e. The fraction of sp³-hybridized carbons (Fsp3) is 0.150. The van der Waals surface area contributed by atoms with Crippen LogP contribution in [0, 0.1) is 0 Å². The highest BCUT2D eigenvalue weighted by molar-refractivity contribution is 7.17. The van der Waals surface area contributed by atoms with Crippen molar-refractivity contribution in [2.75, 3.05) is 6.54 Å². The van der Waals surface area contributed by atoms with Crippen LogP contribution in [-0.4, -0.2) is 33.4 Å². The number of hydrogen-bond donors (Lipinski definition) is 3. The molecular formula is C20H17Cl2N5OS. The second kappa shape index (κ2) is 8.51. The maximum absolute atomic E-state index is 12.7. The molecule has 148 valence electrons. The lowest BCUT2D eigenvalue weighted by molar-refractivity contribution is 0.0942. The Morgan fingerprint density at radius 1 is 1.24 bits per heavy atom. The van der Waals surface area contributed by atoms with Crippen molar-refractivity contribution in [2.45, 2.75) is 12.5 Å². The molecule has 1 amide bonds. The standard InChI is InChI=1S/C20H17Cl2N5OS/c21-12-2-1-11(16(22)8-12)7-13(9-23)27-19(28)17-10-26-20(29-17)15-4-6-25-18-14(15)3-5-24-18/h1-6,8,10,13H,7,9,23H2,(H,24,25)(H,27,28). The van der Waals surface area contributed by atoms with E-state index in [1.54, 1.807) is 24.5 Å². The molecule has 29 heavy (non-hydrogen) atoms. The molecular weight excluding hydrogens is 429 g/mol. The first kappa shape index (κ1) is 19.8. The highest BCUT2D eigenvalue weighted by Crippen LogP contribution is 2.30. The zero-order valence-electron chi connectivity index (χ0n) is 15.2. The van der Waals surface area contributed by atoms with E-state index < -0.39 is 0 Å². The van der Waals surface area contributed by atoms with Gasteiger partial charge in [0.05, 0.1) is 6.20 Å². The molecule has 4 rings (SSSR count). The Labute approximate surface area is 181 Å². The summed E-state index contributed by atoms with van der Waals surface area (Å²) < 4.78 is 0. The number of H-pyrrole nitrogens is 1. The van der Waals surface area contributed by atoms with Crippen LogP contribution in [0.1, 0.15) is 15.2 Å². The van der Waals surface area contributed by atoms with E-state index in [1.165, 1.54) is 11.3 Å². The highest BCUT2D eigenvalue weighted by atomic mass is 35.5. The molecule has 0 saturated heterocycles. The number of pyridine rings is 1. The maximum atomic E-state index is 12.7. The van der Waals surface area contributed by atoms with E-state index in [0.29, 0.717) is 21.3 Å². The van der Waals surface area contributed by atoms with E-state index in [2.05, 4.69) is 20.3 Å². The van der Waals surface area contributed by atoms with E-state index in [4.69, 9.17) is 28.9 Å². The number of carbonyl (C=O) groups is 1. The maximum Gasteiger partial charge on any atom is 0.263 e. The lowest BCUT2D eigenvalue weighted by Crippen LogP contribution is -2.41. The smallest absolute Gasteiger partial charge is 0.263 e. The third kappa shape index (κ3) is 4.28. The monoisotopic (exact) mass is 445 g/mol. The van der Waals surface area contributed by atoms with Crippen molar-refractivity contribution >= 4 is 51.5 Å². The molecule has 4 N–H and O–H groups in total. The summed E-state index contributed by atoms with van der Waals surface area (Å²) in [6.45, 7) is 0.282. The quantitative estimate of drug-likeness (QED) is 0.412. The first-order valence-corrected chi connectivity index (χ1v) is 10.5. The van der Waals surface area contributed by atoms with Crippen LogP contribution in [0.15, 0.2) is 48.9 Å². The summed E-state index contributed by atoms with van der Waals surface area (Å²) >= 11 is 13.5. The van der Waals surface area contributed by atoms with E-state index in [0.717, 1.165) is 27.2 Å². The van der Waals surface area contributed by atoms with Gasteiger partial charge in [0, 0.05) is 46.0 Å². The highest BCUT2D eigenvalue weighted by Gasteiger charge is 2.18. The van der Waals surface area contributed by atoms with Crippen LogP contribution >= 0.6 is 34.5 Å². The number of amides is 1. The molecule has 0 aliphatic rings. The molecule has 0 saturated carbocycles. The van der Waals surface area contributed by atoms with Gasteiger partial charge < -0.3 is 16.0 Å². The molecule has 9 heteroatoms. The molecule has 0 bridgehead atoms. The molecule has 6 nitrogen and oxygen atoms in total. The summed E-state index contributed by atoms with van der Waals surface area (Å²) in [6, 6.07) is 8.87. The number of nitrogens with zero attached hydrogens (tertiary/aromatic N) is 2. The summed E-state index contributed by atoms with van der Waals surface area (Å²) in [4.78, 5) is 25.0. The first-order chi connectivity index (χ1) is 14.0. The number of thiazole rings is 1. The molecule has 0 fully saturated rings. The SMILES string of the molecule is NCC(Cc1ccc(Cl)cc1Cl)NC(=O)c1cnc(-c2ccnc3[nH]ccc23)s1. The molecule has 0 spiro atoms. The number of rotatable bonds is 6. The van der Waals surface area contributed by atoms with Gasteiger partial charge in [0.25, 0.3) is 5.91 Å². The Bertz CT molecular complexity index is 1170. The molecule has 0 aliphatic heterocycles. The van der Waals surface area contributed by atoms with Crippen LogP contribution in [0.2, 0.25) is 10.0 Å². The van der Waals surface area contributed by atoms with Crippen molar-refractivity contribution in [3.63, 3.8) is 0 Å². The molecule has 0 aliphatic carbocycles. The lowest BCUT2D eigenvalue weighted by atomic mass is 10.1. The van der Waals surface area contributed by atoms with Crippen LogP contribution < -0.4 is 11.1 Å². The topological polar surface area (TPSA) is 96.7 Å². The van der Waals surface area contributed by atoms with Gasteiger partial charge in [-0.15, -0.1) is 11.3 Å². The van der Waals surface area contributed by atoms with Crippen LogP contribution in [-0.2, 0) is 6.42 Å². The van der Waals surface area contributed by atoms with E-state index >= 15 is 0 Å². The van der Waals surface area contributed by atoms with Crippen molar-refractivity contribution in [1.82, 2.24) is 20.3 Å². The minimum absolute atomic E-state index is 0.214. The van der Waals surface area contributed by atoms with Crippen molar-refractivity contribution in [3.05, 3.63) is 69.4 Å². The number of carbonyl (C=O) groups excluding carboxylic acids is 1. The Morgan fingerprint density at radius 3 is 2.90 bits per heavy atom. The summed E-state index contributed by atoms with van der Waals surface area (Å²) in [5, 5.41) is 5.81. The van der Waals surface area contributed by atoms with Gasteiger partial charge in [-0.2, -0.15) is 0 Å². The van der Waals surface area contributed by atoms with Crippen molar-refractivity contribution in [3.8, 4) is 10.6 Å². The third-order valence-corrected chi connectivity index (χ3v) is 6.14. The third-order valence-electron chi connectivity index (χ3n) is 4.52. The predicted octanol–water partition coefficient (Wildman–Crippen LogP) is 4.29. The van der Waals surface area contributed by atoms with Gasteiger partial charge >= 0.3 is 0 Å². The van der Waals surface area contributed by atoms with Gasteiger partial charge in [0.1, 0.15) is 15.5 Å². The van der Waals surface area contributed by atoms with Crippen LogP contribution in [0.3, 0.4) is 0 Å².